The predicted molar refractivity (Wildman–Crippen MR) is 86.1 cm³/mol. The molecule has 1 aliphatic rings. The number of hydrogen-bond acceptors (Lipinski definition) is 0. The fourth-order valence-electron chi connectivity index (χ4n) is 3.21. The molecule has 18 heavy (non-hydrogen) atoms. The Morgan fingerprint density at radius 3 is 3.11 bits per heavy atom. The zero-order valence-corrected chi connectivity index (χ0v) is 13.1. The van der Waals surface area contributed by atoms with Crippen LogP contribution in [0.2, 0.25) is 0 Å². The second kappa shape index (κ2) is 5.24. The molecule has 0 saturated carbocycles. The Morgan fingerprint density at radius 2 is 2.28 bits per heavy atom. The van der Waals surface area contributed by atoms with Crippen LogP contribution in [0.4, 0.5) is 0 Å². The van der Waals surface area contributed by atoms with Crippen LogP contribution in [0.3, 0.4) is 0 Å². The molecule has 1 heterocycles. The smallest absolute Gasteiger partial charge is 0.0469 e. The van der Waals surface area contributed by atoms with Crippen LogP contribution in [0.15, 0.2) is 18.2 Å². The molecule has 0 saturated heterocycles. The van der Waals surface area contributed by atoms with E-state index in [-0.39, 0.29) is 0 Å². The van der Waals surface area contributed by atoms with E-state index < -0.39 is 0 Å². The van der Waals surface area contributed by atoms with Gasteiger partial charge in [-0.25, -0.2) is 0 Å². The fourth-order valence-corrected chi connectivity index (χ4v) is 3.70. The fraction of sp³-hybridized carbons (Fsp3) is 0.500. The van der Waals surface area contributed by atoms with Crippen molar-refractivity contribution in [1.29, 1.82) is 0 Å². The molecule has 1 aromatic heterocycles. The molecule has 1 N–H and O–H groups in total. The summed E-state index contributed by atoms with van der Waals surface area (Å²) in [6, 6.07) is 6.80. The van der Waals surface area contributed by atoms with Crippen LogP contribution in [0, 0.1) is 9.49 Å². The number of nitrogens with one attached hydrogen (secondary N) is 1. The number of aryl methyl sites for hydroxylation is 1. The molecule has 0 amide bonds. The first-order valence-electron chi connectivity index (χ1n) is 7.07. The van der Waals surface area contributed by atoms with Crippen molar-refractivity contribution in [3.63, 3.8) is 0 Å². The maximum Gasteiger partial charge on any atom is 0.0469 e. The molecule has 0 bridgehead atoms. The van der Waals surface area contributed by atoms with Gasteiger partial charge in [-0.2, -0.15) is 0 Å². The van der Waals surface area contributed by atoms with Crippen molar-refractivity contribution < 1.29 is 0 Å². The summed E-state index contributed by atoms with van der Waals surface area (Å²) in [7, 11) is 0. The summed E-state index contributed by atoms with van der Waals surface area (Å²) < 4.78 is 1.32. The van der Waals surface area contributed by atoms with Crippen molar-refractivity contribution in [3.8, 4) is 0 Å². The lowest BCUT2D eigenvalue weighted by Gasteiger charge is -2.22. The molecule has 96 valence electrons. The Hall–Kier alpha value is -0.510. The largest absolute Gasteiger partial charge is 0.358 e. The highest BCUT2D eigenvalue weighted by molar-refractivity contribution is 14.1. The maximum atomic E-state index is 3.63. The number of aromatic amines is 1. The van der Waals surface area contributed by atoms with Crippen molar-refractivity contribution in [1.82, 2.24) is 4.98 Å². The monoisotopic (exact) mass is 353 g/mol. The first-order chi connectivity index (χ1) is 8.78. The third-order valence-electron chi connectivity index (χ3n) is 4.22. The number of benzene rings is 1. The minimum absolute atomic E-state index is 0.913. The molecule has 1 unspecified atom stereocenters. The van der Waals surface area contributed by atoms with Crippen LogP contribution in [-0.2, 0) is 12.8 Å². The van der Waals surface area contributed by atoms with Crippen LogP contribution < -0.4 is 0 Å². The van der Waals surface area contributed by atoms with Gasteiger partial charge in [0.1, 0.15) is 0 Å². The van der Waals surface area contributed by atoms with Crippen LogP contribution in [0.25, 0.3) is 10.9 Å². The van der Waals surface area contributed by atoms with E-state index >= 15 is 0 Å². The summed E-state index contributed by atoms with van der Waals surface area (Å²) in [5, 5.41) is 1.46. The Labute approximate surface area is 122 Å². The topological polar surface area (TPSA) is 15.8 Å². The third kappa shape index (κ3) is 2.31. The van der Waals surface area contributed by atoms with Gasteiger partial charge < -0.3 is 4.98 Å². The zero-order valence-electron chi connectivity index (χ0n) is 10.9. The highest BCUT2D eigenvalue weighted by atomic mass is 127. The first kappa shape index (κ1) is 12.5. The molecule has 2 heteroatoms. The van der Waals surface area contributed by atoms with Crippen molar-refractivity contribution in [2.75, 3.05) is 0 Å². The molecule has 3 rings (SSSR count). The SMILES string of the molecule is CCCCC1CCc2[nH]c3cc(I)ccc3c2C1. The van der Waals surface area contributed by atoms with Crippen LogP contribution >= 0.6 is 22.6 Å². The number of halogens is 1. The van der Waals surface area contributed by atoms with Gasteiger partial charge in [0.05, 0.1) is 0 Å². The Bertz CT molecular complexity index is 555. The van der Waals surface area contributed by atoms with Crippen LogP contribution in [0.5, 0.6) is 0 Å². The van der Waals surface area contributed by atoms with Gasteiger partial charge in [0.25, 0.3) is 0 Å². The summed E-state index contributed by atoms with van der Waals surface area (Å²) in [6.45, 7) is 2.29. The standard InChI is InChI=1S/C16H20IN/c1-2-3-4-11-5-8-15-14(9-11)13-7-6-12(17)10-16(13)18-15/h6-7,10-11,18H,2-5,8-9H2,1H3. The van der Waals surface area contributed by atoms with Gasteiger partial charge in [0.15, 0.2) is 0 Å². The van der Waals surface area contributed by atoms with Crippen molar-refractivity contribution >= 4 is 33.5 Å². The molecular weight excluding hydrogens is 333 g/mol. The highest BCUT2D eigenvalue weighted by Gasteiger charge is 2.21. The first-order valence-corrected chi connectivity index (χ1v) is 8.14. The van der Waals surface area contributed by atoms with Crippen molar-refractivity contribution in [2.45, 2.75) is 45.4 Å². The van der Waals surface area contributed by atoms with Gasteiger partial charge in [-0.15, -0.1) is 0 Å². The van der Waals surface area contributed by atoms with E-state index in [2.05, 4.69) is 52.7 Å². The highest BCUT2D eigenvalue weighted by Crippen LogP contribution is 2.34. The van der Waals surface area contributed by atoms with Gasteiger partial charge in [-0.3, -0.25) is 0 Å². The van der Waals surface area contributed by atoms with E-state index in [1.807, 2.05) is 0 Å². The normalized spacial score (nSPS) is 19.1. The molecule has 0 fully saturated rings. The Morgan fingerprint density at radius 1 is 1.39 bits per heavy atom. The van der Waals surface area contributed by atoms with E-state index in [4.69, 9.17) is 0 Å². The molecule has 1 nitrogen and oxygen atoms in total. The summed E-state index contributed by atoms with van der Waals surface area (Å²) in [5.41, 5.74) is 4.44. The summed E-state index contributed by atoms with van der Waals surface area (Å²) in [4.78, 5) is 3.63. The Balaban J connectivity index is 1.92. The van der Waals surface area contributed by atoms with Gasteiger partial charge in [0.2, 0.25) is 0 Å². The third-order valence-corrected chi connectivity index (χ3v) is 4.89. The molecule has 2 aromatic rings. The van der Waals surface area contributed by atoms with E-state index in [9.17, 15) is 0 Å². The van der Waals surface area contributed by atoms with E-state index in [1.54, 1.807) is 5.56 Å². The lowest BCUT2D eigenvalue weighted by Crippen LogP contribution is -2.13. The van der Waals surface area contributed by atoms with Gasteiger partial charge >= 0.3 is 0 Å². The molecule has 1 atom stereocenters. The van der Waals surface area contributed by atoms with E-state index in [0.717, 1.165) is 5.92 Å². The molecular formula is C16H20IN. The summed E-state index contributed by atoms with van der Waals surface area (Å²) >= 11 is 2.39. The molecule has 0 spiro atoms. The minimum atomic E-state index is 0.913. The summed E-state index contributed by atoms with van der Waals surface area (Å²) in [5.74, 6) is 0.913. The van der Waals surface area contributed by atoms with Crippen molar-refractivity contribution in [2.24, 2.45) is 5.92 Å². The number of aromatic nitrogens is 1. The number of H-pyrrole nitrogens is 1. The van der Waals surface area contributed by atoms with Gasteiger partial charge in [0, 0.05) is 20.2 Å². The lowest BCUT2D eigenvalue weighted by molar-refractivity contribution is 0.412. The lowest BCUT2D eigenvalue weighted by atomic mass is 9.83. The Kier molecular flexibility index (Phi) is 3.64. The average Bonchev–Trinajstić information content (AvgIpc) is 2.72. The zero-order chi connectivity index (χ0) is 12.5. The number of unbranched alkanes of at least 4 members (excludes halogenated alkanes) is 1. The van der Waals surface area contributed by atoms with Gasteiger partial charge in [-0.05, 0) is 65.5 Å². The quantitative estimate of drug-likeness (QED) is 0.742. The number of hydrogen-bond donors (Lipinski definition) is 1. The van der Waals surface area contributed by atoms with Gasteiger partial charge in [-0.1, -0.05) is 32.3 Å². The number of rotatable bonds is 3. The number of fused-ring (bicyclic) bond motifs is 3. The van der Waals surface area contributed by atoms with Crippen molar-refractivity contribution in [3.05, 3.63) is 33.0 Å². The second-order valence-electron chi connectivity index (χ2n) is 5.52. The van der Waals surface area contributed by atoms with Crippen LogP contribution in [-0.4, -0.2) is 4.98 Å². The predicted octanol–water partition coefficient (Wildman–Crippen LogP) is 5.07. The average molecular weight is 353 g/mol. The molecule has 1 aliphatic carbocycles. The molecule has 0 radical (unpaired) electrons. The molecule has 0 aliphatic heterocycles. The summed E-state index contributed by atoms with van der Waals surface area (Å²) in [6.07, 6.45) is 8.03. The van der Waals surface area contributed by atoms with E-state index in [0.29, 0.717) is 0 Å². The molecule has 1 aromatic carbocycles. The minimum Gasteiger partial charge on any atom is -0.358 e. The second-order valence-corrected chi connectivity index (χ2v) is 6.77. The maximum absolute atomic E-state index is 3.63. The van der Waals surface area contributed by atoms with Crippen LogP contribution in [0.1, 0.15) is 43.9 Å². The van der Waals surface area contributed by atoms with E-state index in [1.165, 1.54) is 58.7 Å².